The number of hydrogen-bond donors (Lipinski definition) is 1. The van der Waals surface area contributed by atoms with Crippen molar-refractivity contribution in [2.75, 3.05) is 19.8 Å². The average molecular weight is 554 g/mol. The number of rotatable bonds is 11. The van der Waals surface area contributed by atoms with Gasteiger partial charge in [-0.15, -0.1) is 11.3 Å². The van der Waals surface area contributed by atoms with Crippen molar-refractivity contribution < 1.29 is 40.3 Å². The Morgan fingerprint density at radius 3 is 2.26 bits per heavy atom. The second-order valence-corrected chi connectivity index (χ2v) is 10.2. The first kappa shape index (κ1) is 26.5. The highest BCUT2D eigenvalue weighted by Crippen LogP contribution is 2.69. The van der Waals surface area contributed by atoms with Crippen LogP contribution >= 0.6 is 34.9 Å². The van der Waals surface area contributed by atoms with Crippen LogP contribution in [0.15, 0.2) is 16.6 Å². The van der Waals surface area contributed by atoms with Gasteiger partial charge < -0.3 is 19.5 Å². The SMILES string of the molecule is CCOP(=O)(OCC)C(F)(F)c1sc2c(OCCCC(F)(F)F)cc(CN)cc2c1Br. The van der Waals surface area contributed by atoms with E-state index < -0.39 is 30.7 Å². The number of thiophene rings is 1. The van der Waals surface area contributed by atoms with Crippen molar-refractivity contribution in [2.24, 2.45) is 5.73 Å². The Morgan fingerprint density at radius 1 is 1.13 bits per heavy atom. The second kappa shape index (κ2) is 10.4. The lowest BCUT2D eigenvalue weighted by Gasteiger charge is -2.25. The van der Waals surface area contributed by atoms with Gasteiger partial charge in [-0.2, -0.15) is 22.0 Å². The lowest BCUT2D eigenvalue weighted by molar-refractivity contribution is -0.136. The monoisotopic (exact) mass is 553 g/mol. The molecule has 0 aliphatic carbocycles. The summed E-state index contributed by atoms with van der Waals surface area (Å²) < 4.78 is 95.9. The number of alkyl halides is 5. The van der Waals surface area contributed by atoms with Gasteiger partial charge in [-0.05, 0) is 53.9 Å². The van der Waals surface area contributed by atoms with Crippen LogP contribution in [-0.4, -0.2) is 26.0 Å². The second-order valence-electron chi connectivity index (χ2n) is 6.36. The predicted octanol–water partition coefficient (Wildman–Crippen LogP) is 7.16. The zero-order valence-corrected chi connectivity index (χ0v) is 20.0. The van der Waals surface area contributed by atoms with E-state index in [9.17, 15) is 17.7 Å². The van der Waals surface area contributed by atoms with Crippen LogP contribution in [0, 0.1) is 0 Å². The third kappa shape index (κ3) is 5.97. The normalized spacial score (nSPS) is 13.2. The molecule has 0 aliphatic heterocycles. The Kier molecular flexibility index (Phi) is 8.91. The van der Waals surface area contributed by atoms with E-state index in [4.69, 9.17) is 19.5 Å². The number of fused-ring (bicyclic) bond motifs is 1. The molecule has 0 aliphatic rings. The van der Waals surface area contributed by atoms with Crippen LogP contribution in [0.25, 0.3) is 10.1 Å². The highest BCUT2D eigenvalue weighted by molar-refractivity contribution is 9.10. The standard InChI is InChI=1S/C18H22BrF5NO4PS/c1-3-28-30(26,29-4-2)18(23,24)16-14(19)12-8-11(10-25)9-13(15(12)31-16)27-7-5-6-17(20,21)22/h8-9H,3-7,10,25H2,1-2H3. The fourth-order valence-electron chi connectivity index (χ4n) is 2.73. The van der Waals surface area contributed by atoms with Gasteiger partial charge in [0.05, 0.1) is 24.5 Å². The van der Waals surface area contributed by atoms with Crippen molar-refractivity contribution in [3.05, 3.63) is 27.0 Å². The van der Waals surface area contributed by atoms with Gasteiger partial charge in [0.25, 0.3) is 0 Å². The lowest BCUT2D eigenvalue weighted by Crippen LogP contribution is -2.17. The molecule has 13 heteroatoms. The van der Waals surface area contributed by atoms with Gasteiger partial charge in [0, 0.05) is 22.8 Å². The molecule has 0 radical (unpaired) electrons. The summed E-state index contributed by atoms with van der Waals surface area (Å²) in [6.45, 7) is 2.13. The minimum atomic E-state index is -4.85. The topological polar surface area (TPSA) is 70.8 Å². The zero-order chi connectivity index (χ0) is 23.4. The first-order chi connectivity index (χ1) is 14.4. The Balaban J connectivity index is 2.51. The molecule has 176 valence electrons. The summed E-state index contributed by atoms with van der Waals surface area (Å²) in [5.41, 5.74) is 2.22. The highest BCUT2D eigenvalue weighted by atomic mass is 79.9. The molecule has 31 heavy (non-hydrogen) atoms. The molecule has 0 fully saturated rings. The maximum absolute atomic E-state index is 15.3. The van der Waals surface area contributed by atoms with E-state index in [0.717, 1.165) is 0 Å². The van der Waals surface area contributed by atoms with Gasteiger partial charge in [-0.3, -0.25) is 4.57 Å². The van der Waals surface area contributed by atoms with Gasteiger partial charge in [-0.25, -0.2) is 0 Å². The summed E-state index contributed by atoms with van der Waals surface area (Å²) in [4.78, 5) is -0.595. The molecule has 0 unspecified atom stereocenters. The third-order valence-corrected chi connectivity index (χ3v) is 8.70. The minimum Gasteiger partial charge on any atom is -0.492 e. The van der Waals surface area contributed by atoms with Crippen LogP contribution in [0.5, 0.6) is 5.75 Å². The molecular weight excluding hydrogens is 532 g/mol. The Hall–Kier alpha value is -0.780. The maximum Gasteiger partial charge on any atom is 0.405 e. The first-order valence-corrected chi connectivity index (χ1v) is 12.5. The molecule has 2 rings (SSSR count). The smallest absolute Gasteiger partial charge is 0.405 e. The predicted molar refractivity (Wildman–Crippen MR) is 113 cm³/mol. The van der Waals surface area contributed by atoms with Crippen LogP contribution in [0.1, 0.15) is 37.1 Å². The largest absolute Gasteiger partial charge is 0.492 e. The van der Waals surface area contributed by atoms with Crippen molar-refractivity contribution in [3.63, 3.8) is 0 Å². The maximum atomic E-state index is 15.3. The van der Waals surface area contributed by atoms with E-state index >= 15 is 8.78 Å². The van der Waals surface area contributed by atoms with Gasteiger partial charge in [-0.1, -0.05) is 0 Å². The van der Waals surface area contributed by atoms with E-state index in [1.807, 2.05) is 0 Å². The zero-order valence-electron chi connectivity index (χ0n) is 16.7. The summed E-state index contributed by atoms with van der Waals surface area (Å²) in [5.74, 6) is 0.121. The molecular formula is C18H22BrF5NO4PS. The van der Waals surface area contributed by atoms with Crippen LogP contribution < -0.4 is 10.5 Å². The molecule has 0 saturated carbocycles. The minimum absolute atomic E-state index is 0.0347. The molecule has 1 aromatic heterocycles. The molecule has 2 N–H and O–H groups in total. The quantitative estimate of drug-likeness (QED) is 0.181. The summed E-state index contributed by atoms with van der Waals surface area (Å²) >= 11 is 3.74. The molecule has 2 aromatic rings. The fraction of sp³-hybridized carbons (Fsp3) is 0.556. The lowest BCUT2D eigenvalue weighted by atomic mass is 10.1. The van der Waals surface area contributed by atoms with E-state index in [1.54, 1.807) is 6.07 Å². The molecule has 0 bridgehead atoms. The summed E-state index contributed by atoms with van der Waals surface area (Å²) in [5, 5.41) is 0.313. The molecule has 0 spiro atoms. The van der Waals surface area contributed by atoms with Crippen molar-refractivity contribution in [1.82, 2.24) is 0 Å². The van der Waals surface area contributed by atoms with E-state index in [1.165, 1.54) is 19.9 Å². The fourth-order valence-corrected chi connectivity index (χ4v) is 6.75. The number of nitrogens with two attached hydrogens (primary N) is 1. The number of hydrogen-bond acceptors (Lipinski definition) is 6. The van der Waals surface area contributed by atoms with Crippen molar-refractivity contribution in [1.29, 1.82) is 0 Å². The molecule has 0 saturated heterocycles. The van der Waals surface area contributed by atoms with Crippen LogP contribution in [0.2, 0.25) is 0 Å². The third-order valence-electron chi connectivity index (χ3n) is 4.07. The Bertz CT molecular complexity index is 943. The van der Waals surface area contributed by atoms with Gasteiger partial charge in [0.2, 0.25) is 0 Å². The van der Waals surface area contributed by atoms with Crippen molar-refractivity contribution in [2.45, 2.75) is 45.1 Å². The summed E-state index contributed by atoms with van der Waals surface area (Å²) in [7, 11) is -4.85. The molecule has 1 heterocycles. The summed E-state index contributed by atoms with van der Waals surface area (Å²) in [6.07, 6.45) is -5.65. The van der Waals surface area contributed by atoms with E-state index in [0.29, 0.717) is 22.3 Å². The number of ether oxygens (including phenoxy) is 1. The number of benzene rings is 1. The summed E-state index contributed by atoms with van der Waals surface area (Å²) in [6, 6.07) is 3.05. The number of halogens is 6. The van der Waals surface area contributed by atoms with Crippen LogP contribution in [-0.2, 0) is 25.8 Å². The Morgan fingerprint density at radius 2 is 1.74 bits per heavy atom. The highest BCUT2D eigenvalue weighted by Gasteiger charge is 2.57. The average Bonchev–Trinajstić information content (AvgIpc) is 3.02. The van der Waals surface area contributed by atoms with Crippen molar-refractivity contribution >= 4 is 44.9 Å². The van der Waals surface area contributed by atoms with E-state index in [2.05, 4.69) is 15.9 Å². The molecule has 1 aromatic carbocycles. The van der Waals surface area contributed by atoms with Gasteiger partial charge >= 0.3 is 19.4 Å². The van der Waals surface area contributed by atoms with Crippen LogP contribution in [0.4, 0.5) is 22.0 Å². The first-order valence-electron chi connectivity index (χ1n) is 9.32. The van der Waals surface area contributed by atoms with Gasteiger partial charge in [0.15, 0.2) is 0 Å². The molecule has 0 atom stereocenters. The van der Waals surface area contributed by atoms with E-state index in [-0.39, 0.29) is 47.7 Å². The Labute approximate surface area is 188 Å². The molecule has 5 nitrogen and oxygen atoms in total. The molecule has 0 amide bonds. The van der Waals surface area contributed by atoms with Crippen molar-refractivity contribution in [3.8, 4) is 5.75 Å². The van der Waals surface area contributed by atoms with Crippen LogP contribution in [0.3, 0.4) is 0 Å². The van der Waals surface area contributed by atoms with Gasteiger partial charge in [0.1, 0.15) is 10.6 Å².